The molecule has 12 heteroatoms. The number of piperazine rings is 1. The highest BCUT2D eigenvalue weighted by Crippen LogP contribution is 2.28. The van der Waals surface area contributed by atoms with Gasteiger partial charge in [0, 0.05) is 93.8 Å². The Morgan fingerprint density at radius 2 is 1.89 bits per heavy atom. The van der Waals surface area contributed by atoms with Crippen LogP contribution in [0.3, 0.4) is 0 Å². The van der Waals surface area contributed by atoms with Crippen molar-refractivity contribution in [2.45, 2.75) is 51.4 Å². The first kappa shape index (κ1) is 29.9. The molecule has 0 radical (unpaired) electrons. The summed E-state index contributed by atoms with van der Waals surface area (Å²) in [6.07, 6.45) is 11.1. The molecule has 238 valence electrons. The number of aliphatic imine (C=N–C) groups is 1. The number of aromatic nitrogens is 3. The second kappa shape index (κ2) is 13.7. The summed E-state index contributed by atoms with van der Waals surface area (Å²) in [6.45, 7) is 4.15. The van der Waals surface area contributed by atoms with E-state index in [4.69, 9.17) is 14.6 Å². The number of carbonyl (C=O) groups excluding carboxylic acids is 2. The first-order chi connectivity index (χ1) is 22.6. The fourth-order valence-electron chi connectivity index (χ4n) is 6.08. The SMILES string of the molecule is O=C(CCCC(=O)N1CCN(c2ccc(Nc3nc(-c4ccc5c(c4)CN=C5)cn4ccnc34)cc2)CC1)NOC1CCCCO1. The lowest BCUT2D eigenvalue weighted by Gasteiger charge is -2.36. The number of anilines is 3. The Bertz CT molecular complexity index is 1720. The number of hydrogen-bond acceptors (Lipinski definition) is 9. The zero-order valence-electron chi connectivity index (χ0n) is 25.7. The fraction of sp³-hybridized carbons (Fsp3) is 0.382. The molecule has 1 unspecified atom stereocenters. The van der Waals surface area contributed by atoms with Gasteiger partial charge in [0.25, 0.3) is 0 Å². The molecule has 46 heavy (non-hydrogen) atoms. The molecule has 2 saturated heterocycles. The first-order valence-corrected chi connectivity index (χ1v) is 16.0. The molecule has 5 heterocycles. The third kappa shape index (κ3) is 6.87. The van der Waals surface area contributed by atoms with Gasteiger partial charge in [-0.25, -0.2) is 20.3 Å². The number of fused-ring (bicyclic) bond motifs is 2. The van der Waals surface area contributed by atoms with Crippen LogP contribution in [0.4, 0.5) is 17.2 Å². The van der Waals surface area contributed by atoms with Gasteiger partial charge in [0.15, 0.2) is 17.8 Å². The lowest BCUT2D eigenvalue weighted by Crippen LogP contribution is -2.48. The number of ether oxygens (including phenoxy) is 1. The standard InChI is InChI=1S/C34H38N8O4/c43-30(39-46-32-6-1-2-19-45-32)4-3-5-31(44)41-17-15-40(16-18-41)28-11-9-27(10-12-28)37-33-34-36-13-14-42(34)23-29(38-33)24-7-8-25-21-35-22-26(25)20-24/h7-14,20-21,23,32H,1-6,15-19,22H2,(H,37,38)(H,39,43). The van der Waals surface area contributed by atoms with Crippen molar-refractivity contribution in [1.82, 2.24) is 24.7 Å². The number of nitrogens with zero attached hydrogens (tertiary/aromatic N) is 6. The Morgan fingerprint density at radius 1 is 1.02 bits per heavy atom. The number of benzene rings is 2. The number of carbonyl (C=O) groups is 2. The second-order valence-corrected chi connectivity index (χ2v) is 11.8. The van der Waals surface area contributed by atoms with Gasteiger partial charge in [-0.1, -0.05) is 12.1 Å². The maximum absolute atomic E-state index is 12.8. The average molecular weight is 623 g/mol. The molecule has 2 amide bonds. The van der Waals surface area contributed by atoms with Gasteiger partial charge >= 0.3 is 0 Å². The van der Waals surface area contributed by atoms with Crippen LogP contribution in [-0.2, 0) is 25.7 Å². The van der Waals surface area contributed by atoms with Crippen LogP contribution in [-0.4, -0.2) is 76.4 Å². The summed E-state index contributed by atoms with van der Waals surface area (Å²) in [4.78, 5) is 48.2. The Kier molecular flexibility index (Phi) is 8.88. The molecular formula is C34H38N8O4. The van der Waals surface area contributed by atoms with Crippen molar-refractivity contribution in [2.75, 3.05) is 43.0 Å². The topological polar surface area (TPSA) is 126 Å². The van der Waals surface area contributed by atoms with Crippen LogP contribution in [0.1, 0.15) is 49.7 Å². The molecule has 12 nitrogen and oxygen atoms in total. The van der Waals surface area contributed by atoms with E-state index in [0.717, 1.165) is 66.2 Å². The molecule has 2 aromatic heterocycles. The van der Waals surface area contributed by atoms with Gasteiger partial charge in [-0.3, -0.25) is 14.6 Å². The van der Waals surface area contributed by atoms with E-state index in [1.165, 1.54) is 5.56 Å². The zero-order valence-corrected chi connectivity index (χ0v) is 25.7. The van der Waals surface area contributed by atoms with Gasteiger partial charge in [0.05, 0.1) is 12.2 Å². The minimum Gasteiger partial charge on any atom is -0.368 e. The van der Waals surface area contributed by atoms with Crippen molar-refractivity contribution >= 4 is 40.9 Å². The van der Waals surface area contributed by atoms with E-state index in [-0.39, 0.29) is 24.5 Å². The van der Waals surface area contributed by atoms with Crippen molar-refractivity contribution in [1.29, 1.82) is 0 Å². The molecule has 3 aliphatic heterocycles. The van der Waals surface area contributed by atoms with Crippen molar-refractivity contribution < 1.29 is 19.2 Å². The van der Waals surface area contributed by atoms with Crippen LogP contribution in [0, 0.1) is 0 Å². The van der Waals surface area contributed by atoms with E-state index in [0.29, 0.717) is 44.9 Å². The quantitative estimate of drug-likeness (QED) is 0.248. The molecule has 2 fully saturated rings. The lowest BCUT2D eigenvalue weighted by atomic mass is 10.0. The highest BCUT2D eigenvalue weighted by molar-refractivity contribution is 5.86. The average Bonchev–Trinajstić information content (AvgIpc) is 3.78. The largest absolute Gasteiger partial charge is 0.368 e. The molecular weight excluding hydrogens is 584 g/mol. The number of hydroxylamine groups is 1. The van der Waals surface area contributed by atoms with Crippen LogP contribution >= 0.6 is 0 Å². The molecule has 0 bridgehead atoms. The van der Waals surface area contributed by atoms with Crippen molar-refractivity contribution in [3.05, 3.63) is 72.2 Å². The van der Waals surface area contributed by atoms with Crippen LogP contribution in [0.25, 0.3) is 16.9 Å². The minimum absolute atomic E-state index is 0.0804. The molecule has 0 saturated carbocycles. The van der Waals surface area contributed by atoms with Gasteiger partial charge in [-0.2, -0.15) is 0 Å². The summed E-state index contributed by atoms with van der Waals surface area (Å²) in [5.41, 5.74) is 9.48. The summed E-state index contributed by atoms with van der Waals surface area (Å²) in [6, 6.07) is 14.6. The summed E-state index contributed by atoms with van der Waals surface area (Å²) >= 11 is 0. The van der Waals surface area contributed by atoms with Gasteiger partial charge in [0.1, 0.15) is 0 Å². The van der Waals surface area contributed by atoms with Gasteiger partial charge in [-0.05, 0) is 60.7 Å². The third-order valence-corrected chi connectivity index (χ3v) is 8.67. The van der Waals surface area contributed by atoms with Crippen molar-refractivity contribution in [3.8, 4) is 11.3 Å². The molecule has 0 aliphatic carbocycles. The molecule has 4 aromatic rings. The van der Waals surface area contributed by atoms with E-state index in [1.807, 2.05) is 40.0 Å². The van der Waals surface area contributed by atoms with E-state index in [9.17, 15) is 9.59 Å². The number of hydrogen-bond donors (Lipinski definition) is 2. The zero-order chi connectivity index (χ0) is 31.3. The Labute approximate surface area is 267 Å². The Hall–Kier alpha value is -4.81. The molecule has 1 atom stereocenters. The van der Waals surface area contributed by atoms with E-state index in [2.05, 4.69) is 56.0 Å². The minimum atomic E-state index is -0.373. The number of rotatable bonds is 10. The monoisotopic (exact) mass is 622 g/mol. The molecule has 2 N–H and O–H groups in total. The van der Waals surface area contributed by atoms with Crippen molar-refractivity contribution in [2.24, 2.45) is 4.99 Å². The lowest BCUT2D eigenvalue weighted by molar-refractivity contribution is -0.200. The summed E-state index contributed by atoms with van der Waals surface area (Å²) in [5, 5.41) is 3.47. The van der Waals surface area contributed by atoms with Crippen LogP contribution in [0.15, 0.2) is 66.0 Å². The highest BCUT2D eigenvalue weighted by Gasteiger charge is 2.22. The predicted molar refractivity (Wildman–Crippen MR) is 175 cm³/mol. The molecule has 2 aromatic carbocycles. The van der Waals surface area contributed by atoms with Crippen LogP contribution < -0.4 is 15.7 Å². The molecule has 3 aliphatic rings. The van der Waals surface area contributed by atoms with Gasteiger partial charge in [-0.15, -0.1) is 0 Å². The smallest absolute Gasteiger partial charge is 0.243 e. The molecule has 0 spiro atoms. The van der Waals surface area contributed by atoms with Gasteiger partial charge < -0.3 is 24.3 Å². The number of nitrogens with one attached hydrogen (secondary N) is 2. The van der Waals surface area contributed by atoms with E-state index < -0.39 is 0 Å². The van der Waals surface area contributed by atoms with E-state index in [1.54, 1.807) is 6.20 Å². The normalized spacial score (nSPS) is 17.7. The predicted octanol–water partition coefficient (Wildman–Crippen LogP) is 4.47. The highest BCUT2D eigenvalue weighted by atomic mass is 16.8. The number of imidazole rings is 1. The Morgan fingerprint density at radius 3 is 2.72 bits per heavy atom. The third-order valence-electron chi connectivity index (χ3n) is 8.67. The Balaban J connectivity index is 0.900. The fourth-order valence-corrected chi connectivity index (χ4v) is 6.08. The summed E-state index contributed by atoms with van der Waals surface area (Å²) < 4.78 is 7.43. The second-order valence-electron chi connectivity index (χ2n) is 11.8. The van der Waals surface area contributed by atoms with E-state index >= 15 is 0 Å². The van der Waals surface area contributed by atoms with Gasteiger partial charge in [0.2, 0.25) is 11.8 Å². The maximum Gasteiger partial charge on any atom is 0.243 e. The van der Waals surface area contributed by atoms with Crippen LogP contribution in [0.2, 0.25) is 0 Å². The van der Waals surface area contributed by atoms with Crippen LogP contribution in [0.5, 0.6) is 0 Å². The number of amides is 2. The molecule has 7 rings (SSSR count). The summed E-state index contributed by atoms with van der Waals surface area (Å²) in [7, 11) is 0. The first-order valence-electron chi connectivity index (χ1n) is 16.0. The maximum atomic E-state index is 12.8. The van der Waals surface area contributed by atoms with Crippen molar-refractivity contribution in [3.63, 3.8) is 0 Å². The summed E-state index contributed by atoms with van der Waals surface area (Å²) in [5.74, 6) is 0.538.